The van der Waals surface area contributed by atoms with Crippen molar-refractivity contribution in [3.05, 3.63) is 22.2 Å². The lowest BCUT2D eigenvalue weighted by Crippen LogP contribution is -2.44. The van der Waals surface area contributed by atoms with E-state index in [2.05, 4.69) is 9.62 Å². The fourth-order valence-electron chi connectivity index (χ4n) is 2.44. The van der Waals surface area contributed by atoms with E-state index in [1.165, 1.54) is 12.1 Å². The van der Waals surface area contributed by atoms with Crippen molar-refractivity contribution in [3.63, 3.8) is 0 Å². The molecule has 1 saturated heterocycles. The minimum Gasteiger partial charge on any atom is -0.396 e. The van der Waals surface area contributed by atoms with Gasteiger partial charge < -0.3 is 10.6 Å². The molecule has 3 N–H and O–H groups in total. The van der Waals surface area contributed by atoms with E-state index in [1.54, 1.807) is 0 Å². The molecule has 0 radical (unpaired) electrons. The maximum atomic E-state index is 12.4. The van der Waals surface area contributed by atoms with Gasteiger partial charge in [0.05, 0.1) is 15.7 Å². The Morgan fingerprint density at radius 1 is 1.38 bits per heavy atom. The van der Waals surface area contributed by atoms with Crippen LogP contribution in [0.25, 0.3) is 0 Å². The molecule has 2 rings (SSSR count). The number of sulfonamides is 1. The van der Waals surface area contributed by atoms with E-state index >= 15 is 0 Å². The third-order valence-electron chi connectivity index (χ3n) is 3.81. The second-order valence-corrected chi connectivity index (χ2v) is 7.78. The number of nitrogens with two attached hydrogens (primary N) is 1. The molecule has 0 aliphatic carbocycles. The van der Waals surface area contributed by atoms with Crippen LogP contribution < -0.4 is 10.5 Å². The van der Waals surface area contributed by atoms with Gasteiger partial charge in [0.2, 0.25) is 10.0 Å². The molecule has 0 aromatic heterocycles. The predicted octanol–water partition coefficient (Wildman–Crippen LogP) is 2.34. The van der Waals surface area contributed by atoms with Crippen molar-refractivity contribution in [1.29, 1.82) is 0 Å². The highest BCUT2D eigenvalue weighted by Gasteiger charge is 2.24. The number of hydrogen-bond donors (Lipinski definition) is 2. The minimum atomic E-state index is -3.70. The van der Waals surface area contributed by atoms with Crippen LogP contribution in [0, 0.1) is 0 Å². The zero-order chi connectivity index (χ0) is 15.6. The van der Waals surface area contributed by atoms with Crippen LogP contribution in [0.5, 0.6) is 0 Å². The first kappa shape index (κ1) is 16.8. The molecule has 21 heavy (non-hydrogen) atoms. The third kappa shape index (κ3) is 3.81. The molecule has 1 unspecified atom stereocenters. The lowest BCUT2D eigenvalue weighted by molar-refractivity contribution is 0.187. The molecular weight excluding hydrogens is 333 g/mol. The van der Waals surface area contributed by atoms with Gasteiger partial charge in [0.25, 0.3) is 0 Å². The lowest BCUT2D eigenvalue weighted by atomic mass is 10.0. The molecule has 0 saturated carbocycles. The first-order valence-corrected chi connectivity index (χ1v) is 9.00. The maximum Gasteiger partial charge on any atom is 0.242 e. The van der Waals surface area contributed by atoms with Gasteiger partial charge in [0.1, 0.15) is 4.90 Å². The van der Waals surface area contributed by atoms with E-state index in [1.807, 2.05) is 7.05 Å². The fourth-order valence-corrected chi connectivity index (χ4v) is 4.28. The van der Waals surface area contributed by atoms with E-state index in [0.29, 0.717) is 6.54 Å². The first-order chi connectivity index (χ1) is 9.83. The Bertz CT molecular complexity index is 622. The lowest BCUT2D eigenvalue weighted by Gasteiger charge is -2.32. The normalized spacial score (nSPS) is 20.6. The van der Waals surface area contributed by atoms with Gasteiger partial charge in [-0.2, -0.15) is 0 Å². The SMILES string of the molecule is CN1CCCCC1CNS(=O)(=O)c1ccc(Cl)c(N)c1Cl. The molecule has 1 aromatic rings. The molecule has 1 fully saturated rings. The molecule has 8 heteroatoms. The van der Waals surface area contributed by atoms with Crippen LogP contribution in [-0.2, 0) is 10.0 Å². The average Bonchev–Trinajstić information content (AvgIpc) is 2.44. The summed E-state index contributed by atoms with van der Waals surface area (Å²) in [7, 11) is -1.69. The quantitative estimate of drug-likeness (QED) is 0.816. The van der Waals surface area contributed by atoms with Gasteiger partial charge in [-0.05, 0) is 38.6 Å². The second-order valence-electron chi connectivity index (χ2n) is 5.26. The number of anilines is 1. The Kier molecular flexibility index (Phi) is 5.38. The van der Waals surface area contributed by atoms with Crippen LogP contribution >= 0.6 is 23.2 Å². The van der Waals surface area contributed by atoms with Gasteiger partial charge >= 0.3 is 0 Å². The van der Waals surface area contributed by atoms with Crippen molar-refractivity contribution < 1.29 is 8.42 Å². The van der Waals surface area contributed by atoms with E-state index in [9.17, 15) is 8.42 Å². The number of hydrogen-bond acceptors (Lipinski definition) is 4. The molecule has 1 aliphatic rings. The number of likely N-dealkylation sites (N-methyl/N-ethyl adjacent to an activating group) is 1. The number of nitrogens with zero attached hydrogens (tertiary/aromatic N) is 1. The number of rotatable bonds is 4. The standard InChI is InChI=1S/C13H19Cl2N3O2S/c1-18-7-3-2-4-9(18)8-17-21(19,20)11-6-5-10(14)13(16)12(11)15/h5-6,9,17H,2-4,7-8,16H2,1H3. The smallest absolute Gasteiger partial charge is 0.242 e. The molecule has 0 bridgehead atoms. The number of likely N-dealkylation sites (tertiary alicyclic amines) is 1. The molecular formula is C13H19Cl2N3O2S. The topological polar surface area (TPSA) is 75.4 Å². The summed E-state index contributed by atoms with van der Waals surface area (Å²) in [5.74, 6) is 0. The molecule has 1 heterocycles. The zero-order valence-electron chi connectivity index (χ0n) is 11.8. The summed E-state index contributed by atoms with van der Waals surface area (Å²) in [6, 6.07) is 3.01. The third-order valence-corrected chi connectivity index (χ3v) is 6.13. The summed E-state index contributed by atoms with van der Waals surface area (Å²) in [4.78, 5) is 2.13. The van der Waals surface area contributed by atoms with E-state index in [0.717, 1.165) is 25.8 Å². The van der Waals surface area contributed by atoms with Crippen LogP contribution in [0.15, 0.2) is 17.0 Å². The van der Waals surface area contributed by atoms with Gasteiger partial charge in [-0.25, -0.2) is 13.1 Å². The Hall–Kier alpha value is -0.530. The van der Waals surface area contributed by atoms with Crippen molar-refractivity contribution in [2.24, 2.45) is 0 Å². The van der Waals surface area contributed by atoms with Crippen molar-refractivity contribution in [2.75, 3.05) is 25.9 Å². The summed E-state index contributed by atoms with van der Waals surface area (Å²) in [6.45, 7) is 1.35. The largest absolute Gasteiger partial charge is 0.396 e. The number of halogens is 2. The summed E-state index contributed by atoms with van der Waals surface area (Å²) in [5.41, 5.74) is 5.76. The van der Waals surface area contributed by atoms with Crippen LogP contribution in [-0.4, -0.2) is 39.5 Å². The van der Waals surface area contributed by atoms with Gasteiger partial charge in [-0.3, -0.25) is 0 Å². The molecule has 1 aromatic carbocycles. The van der Waals surface area contributed by atoms with Gasteiger partial charge in [-0.15, -0.1) is 0 Å². The van der Waals surface area contributed by atoms with Crippen molar-refractivity contribution in [1.82, 2.24) is 9.62 Å². The highest BCUT2D eigenvalue weighted by molar-refractivity contribution is 7.89. The average molecular weight is 352 g/mol. The Balaban J connectivity index is 2.13. The minimum absolute atomic E-state index is 0.0352. The Morgan fingerprint density at radius 3 is 2.76 bits per heavy atom. The molecule has 1 aliphatic heterocycles. The monoisotopic (exact) mass is 351 g/mol. The van der Waals surface area contributed by atoms with Gasteiger partial charge in [0.15, 0.2) is 0 Å². The van der Waals surface area contributed by atoms with Crippen LogP contribution in [0.4, 0.5) is 5.69 Å². The zero-order valence-corrected chi connectivity index (χ0v) is 14.1. The molecule has 118 valence electrons. The van der Waals surface area contributed by atoms with Crippen LogP contribution in [0.2, 0.25) is 10.0 Å². The molecule has 0 amide bonds. The summed E-state index contributed by atoms with van der Waals surface area (Å²) in [5, 5.41) is 0.206. The fraction of sp³-hybridized carbons (Fsp3) is 0.538. The van der Waals surface area contributed by atoms with E-state index < -0.39 is 10.0 Å². The van der Waals surface area contributed by atoms with E-state index in [4.69, 9.17) is 28.9 Å². The maximum absolute atomic E-state index is 12.4. The second kappa shape index (κ2) is 6.71. The highest BCUT2D eigenvalue weighted by Crippen LogP contribution is 2.33. The van der Waals surface area contributed by atoms with E-state index in [-0.39, 0.29) is 26.7 Å². The number of nitrogen functional groups attached to an aromatic ring is 1. The molecule has 5 nitrogen and oxygen atoms in total. The number of benzene rings is 1. The summed E-state index contributed by atoms with van der Waals surface area (Å²) < 4.78 is 27.3. The van der Waals surface area contributed by atoms with Crippen LogP contribution in [0.1, 0.15) is 19.3 Å². The summed E-state index contributed by atoms with van der Waals surface area (Å²) >= 11 is 11.8. The Labute approximate surface area is 135 Å². The summed E-state index contributed by atoms with van der Waals surface area (Å²) in [6.07, 6.45) is 3.25. The van der Waals surface area contributed by atoms with Gasteiger partial charge in [-0.1, -0.05) is 29.6 Å². The highest BCUT2D eigenvalue weighted by atomic mass is 35.5. The predicted molar refractivity (Wildman–Crippen MR) is 86.3 cm³/mol. The first-order valence-electron chi connectivity index (χ1n) is 6.76. The van der Waals surface area contributed by atoms with Crippen LogP contribution in [0.3, 0.4) is 0 Å². The molecule has 0 spiro atoms. The van der Waals surface area contributed by atoms with Crippen molar-refractivity contribution in [2.45, 2.75) is 30.2 Å². The van der Waals surface area contributed by atoms with Crippen molar-refractivity contribution in [3.8, 4) is 0 Å². The Morgan fingerprint density at radius 2 is 2.10 bits per heavy atom. The molecule has 1 atom stereocenters. The number of nitrogens with one attached hydrogen (secondary N) is 1. The van der Waals surface area contributed by atoms with Gasteiger partial charge in [0, 0.05) is 12.6 Å². The van der Waals surface area contributed by atoms with Crippen molar-refractivity contribution >= 4 is 38.9 Å². The number of piperidine rings is 1.